The van der Waals surface area contributed by atoms with Crippen molar-refractivity contribution >= 4 is 11.6 Å². The number of carbonyl (C=O) groups is 1. The molecule has 1 aliphatic heterocycles. The molecular formula is C17H18N4O4. The molecule has 25 heavy (non-hydrogen) atoms. The van der Waals surface area contributed by atoms with E-state index in [1.54, 1.807) is 23.1 Å². The average molecular weight is 342 g/mol. The van der Waals surface area contributed by atoms with Crippen LogP contribution in [0.25, 0.3) is 11.3 Å². The molecule has 0 N–H and O–H groups in total. The van der Waals surface area contributed by atoms with Gasteiger partial charge in [0.2, 0.25) is 5.91 Å². The maximum absolute atomic E-state index is 12.3. The number of benzene rings is 1. The molecule has 0 aliphatic carbocycles. The van der Waals surface area contributed by atoms with Crippen LogP contribution in [-0.2, 0) is 11.3 Å². The van der Waals surface area contributed by atoms with E-state index < -0.39 is 4.92 Å². The van der Waals surface area contributed by atoms with Crippen LogP contribution in [0.1, 0.15) is 19.3 Å². The van der Waals surface area contributed by atoms with Crippen molar-refractivity contribution in [3.8, 4) is 11.3 Å². The minimum Gasteiger partial charge on any atom is -0.341 e. The standard InChI is InChI=1S/C17H18N4O4/c22-16-9-8-15(13-4-6-14(7-5-13)21(24)25)18-20(16)12-17(23)19-10-2-1-3-11-19/h4-9H,1-3,10-12H2. The number of nitrogens with zero attached hydrogens (tertiary/aromatic N) is 4. The molecule has 1 aromatic heterocycles. The van der Waals surface area contributed by atoms with Crippen LogP contribution in [0.5, 0.6) is 0 Å². The molecule has 0 unspecified atom stereocenters. The summed E-state index contributed by atoms with van der Waals surface area (Å²) in [5.41, 5.74) is 0.763. The first-order chi connectivity index (χ1) is 12.0. The third-order valence-corrected chi connectivity index (χ3v) is 4.23. The van der Waals surface area contributed by atoms with Gasteiger partial charge in [0.1, 0.15) is 6.54 Å². The van der Waals surface area contributed by atoms with Crippen LogP contribution in [0.4, 0.5) is 5.69 Å². The van der Waals surface area contributed by atoms with Gasteiger partial charge < -0.3 is 4.90 Å². The predicted octanol–water partition coefficient (Wildman–Crippen LogP) is 1.83. The second kappa shape index (κ2) is 7.25. The lowest BCUT2D eigenvalue weighted by Crippen LogP contribution is -2.40. The zero-order chi connectivity index (χ0) is 17.8. The Morgan fingerprint density at radius 1 is 1.08 bits per heavy atom. The highest BCUT2D eigenvalue weighted by atomic mass is 16.6. The minimum absolute atomic E-state index is 0.0163. The SMILES string of the molecule is O=C(Cn1nc(-c2ccc([N+](=O)[O-])cc2)ccc1=O)N1CCCCC1. The number of hydrogen-bond donors (Lipinski definition) is 0. The molecule has 2 heterocycles. The molecule has 130 valence electrons. The summed E-state index contributed by atoms with van der Waals surface area (Å²) in [4.78, 5) is 36.3. The largest absolute Gasteiger partial charge is 0.341 e. The highest BCUT2D eigenvalue weighted by molar-refractivity contribution is 5.76. The second-order valence-electron chi connectivity index (χ2n) is 5.96. The van der Waals surface area contributed by atoms with Gasteiger partial charge >= 0.3 is 0 Å². The number of likely N-dealkylation sites (tertiary alicyclic amines) is 1. The Morgan fingerprint density at radius 2 is 1.76 bits per heavy atom. The normalized spacial score (nSPS) is 14.3. The van der Waals surface area contributed by atoms with Gasteiger partial charge in [0.25, 0.3) is 11.2 Å². The molecule has 8 heteroatoms. The van der Waals surface area contributed by atoms with Gasteiger partial charge in [-0.25, -0.2) is 4.68 Å². The molecule has 0 radical (unpaired) electrons. The van der Waals surface area contributed by atoms with Crippen LogP contribution in [0.3, 0.4) is 0 Å². The maximum atomic E-state index is 12.3. The number of hydrogen-bond acceptors (Lipinski definition) is 5. The van der Waals surface area contributed by atoms with Gasteiger partial charge in [0.15, 0.2) is 0 Å². The van der Waals surface area contributed by atoms with E-state index in [0.29, 0.717) is 11.3 Å². The zero-order valence-electron chi connectivity index (χ0n) is 13.6. The number of nitro groups is 1. The van der Waals surface area contributed by atoms with Crippen LogP contribution in [0, 0.1) is 10.1 Å². The summed E-state index contributed by atoms with van der Waals surface area (Å²) in [6.45, 7) is 1.34. The number of nitro benzene ring substituents is 1. The first-order valence-electron chi connectivity index (χ1n) is 8.15. The first kappa shape index (κ1) is 16.8. The number of aromatic nitrogens is 2. The summed E-state index contributed by atoms with van der Waals surface area (Å²) in [6.07, 6.45) is 3.09. The number of rotatable bonds is 4. The Hall–Kier alpha value is -3.03. The highest BCUT2D eigenvalue weighted by Crippen LogP contribution is 2.19. The summed E-state index contributed by atoms with van der Waals surface area (Å²) in [6, 6.07) is 8.80. The highest BCUT2D eigenvalue weighted by Gasteiger charge is 2.18. The van der Waals surface area contributed by atoms with E-state index in [2.05, 4.69) is 5.10 Å². The lowest BCUT2D eigenvalue weighted by atomic mass is 10.1. The van der Waals surface area contributed by atoms with E-state index in [9.17, 15) is 19.7 Å². The molecule has 0 saturated carbocycles. The van der Waals surface area contributed by atoms with Crippen LogP contribution >= 0.6 is 0 Å². The van der Waals surface area contributed by atoms with Crippen LogP contribution in [0.15, 0.2) is 41.2 Å². The summed E-state index contributed by atoms with van der Waals surface area (Å²) >= 11 is 0. The van der Waals surface area contributed by atoms with E-state index in [1.807, 2.05) is 0 Å². The van der Waals surface area contributed by atoms with E-state index in [4.69, 9.17) is 0 Å². The molecule has 0 atom stereocenters. The molecule has 1 fully saturated rings. The summed E-state index contributed by atoms with van der Waals surface area (Å²) < 4.78 is 1.15. The number of piperidine rings is 1. The molecule has 0 bridgehead atoms. The van der Waals surface area contributed by atoms with Gasteiger partial charge in [-0.3, -0.25) is 19.7 Å². The van der Waals surface area contributed by atoms with E-state index >= 15 is 0 Å². The number of non-ortho nitro benzene ring substituents is 1. The van der Waals surface area contributed by atoms with Gasteiger partial charge in [0, 0.05) is 36.9 Å². The topological polar surface area (TPSA) is 98.3 Å². The molecule has 1 aromatic carbocycles. The average Bonchev–Trinajstić information content (AvgIpc) is 2.64. The summed E-state index contributed by atoms with van der Waals surface area (Å²) in [7, 11) is 0. The van der Waals surface area contributed by atoms with Crippen molar-refractivity contribution in [1.29, 1.82) is 0 Å². The predicted molar refractivity (Wildman–Crippen MR) is 91.0 cm³/mol. The van der Waals surface area contributed by atoms with Gasteiger partial charge in [-0.15, -0.1) is 0 Å². The molecule has 2 aromatic rings. The van der Waals surface area contributed by atoms with E-state index in [-0.39, 0.29) is 23.7 Å². The van der Waals surface area contributed by atoms with E-state index in [0.717, 1.165) is 37.0 Å². The van der Waals surface area contributed by atoms with Crippen molar-refractivity contribution < 1.29 is 9.72 Å². The fourth-order valence-electron chi connectivity index (χ4n) is 2.84. The molecule has 0 spiro atoms. The Morgan fingerprint density at radius 3 is 2.40 bits per heavy atom. The Labute approximate surface area is 143 Å². The smallest absolute Gasteiger partial charge is 0.269 e. The van der Waals surface area contributed by atoms with Gasteiger partial charge in [-0.1, -0.05) is 0 Å². The van der Waals surface area contributed by atoms with Crippen LogP contribution in [-0.4, -0.2) is 38.6 Å². The lowest BCUT2D eigenvalue weighted by molar-refractivity contribution is -0.384. The fourth-order valence-corrected chi connectivity index (χ4v) is 2.84. The van der Waals surface area contributed by atoms with Crippen molar-refractivity contribution in [3.05, 3.63) is 56.9 Å². The molecule has 1 saturated heterocycles. The Bertz CT molecular complexity index is 838. The monoisotopic (exact) mass is 342 g/mol. The van der Waals surface area contributed by atoms with Crippen molar-refractivity contribution in [2.75, 3.05) is 13.1 Å². The van der Waals surface area contributed by atoms with Crippen LogP contribution in [0.2, 0.25) is 0 Å². The third kappa shape index (κ3) is 3.90. The number of amides is 1. The summed E-state index contributed by atoms with van der Waals surface area (Å²) in [5.74, 6) is -0.116. The fraction of sp³-hybridized carbons (Fsp3) is 0.353. The molecule has 8 nitrogen and oxygen atoms in total. The third-order valence-electron chi connectivity index (χ3n) is 4.23. The lowest BCUT2D eigenvalue weighted by Gasteiger charge is -2.26. The molecular weight excluding hydrogens is 324 g/mol. The number of carbonyl (C=O) groups excluding carboxylic acids is 1. The van der Waals surface area contributed by atoms with Crippen molar-refractivity contribution in [2.24, 2.45) is 0 Å². The minimum atomic E-state index is -0.477. The van der Waals surface area contributed by atoms with Crippen molar-refractivity contribution in [3.63, 3.8) is 0 Å². The second-order valence-corrected chi connectivity index (χ2v) is 5.96. The van der Waals surface area contributed by atoms with Gasteiger partial charge in [-0.2, -0.15) is 5.10 Å². The summed E-state index contributed by atoms with van der Waals surface area (Å²) in [5, 5.41) is 15.0. The van der Waals surface area contributed by atoms with Crippen LogP contribution < -0.4 is 5.56 Å². The van der Waals surface area contributed by atoms with E-state index in [1.165, 1.54) is 18.2 Å². The van der Waals surface area contributed by atoms with Crippen molar-refractivity contribution in [1.82, 2.24) is 14.7 Å². The molecule has 3 rings (SSSR count). The zero-order valence-corrected chi connectivity index (χ0v) is 13.6. The Balaban J connectivity index is 1.81. The van der Waals surface area contributed by atoms with Gasteiger partial charge in [0.05, 0.1) is 10.6 Å². The quantitative estimate of drug-likeness (QED) is 0.623. The Kier molecular flexibility index (Phi) is 4.87. The maximum Gasteiger partial charge on any atom is 0.269 e. The first-order valence-corrected chi connectivity index (χ1v) is 8.15. The molecule has 1 amide bonds. The molecule has 1 aliphatic rings. The van der Waals surface area contributed by atoms with Gasteiger partial charge in [-0.05, 0) is 37.5 Å². The van der Waals surface area contributed by atoms with Crippen molar-refractivity contribution in [2.45, 2.75) is 25.8 Å².